The number of thioether (sulfide) groups is 1. The summed E-state index contributed by atoms with van der Waals surface area (Å²) in [6, 6.07) is 15.4. The largest absolute Gasteiger partial charge is 0.493 e. The molecule has 0 radical (unpaired) electrons. The quantitative estimate of drug-likeness (QED) is 0.530. The number of aromatic nitrogens is 2. The monoisotopic (exact) mass is 469 g/mol. The fourth-order valence-electron chi connectivity index (χ4n) is 2.91. The molecule has 1 aliphatic rings. The third-order valence-electron chi connectivity index (χ3n) is 4.20. The Morgan fingerprint density at radius 1 is 1.21 bits per heavy atom. The molecule has 1 N–H and O–H groups in total. The number of halogens is 1. The van der Waals surface area contributed by atoms with E-state index < -0.39 is 5.91 Å². The highest BCUT2D eigenvalue weighted by Crippen LogP contribution is 2.34. The van der Waals surface area contributed by atoms with Crippen LogP contribution in [0.3, 0.4) is 0 Å². The number of hydrogen-bond acceptors (Lipinski definition) is 5. The Hall–Kier alpha value is -2.84. The number of benzene rings is 2. The van der Waals surface area contributed by atoms with Gasteiger partial charge in [-0.05, 0) is 71.0 Å². The maximum Gasteiger partial charge on any atom is 0.290 e. The molecule has 3 aromatic rings. The van der Waals surface area contributed by atoms with Crippen LogP contribution in [-0.4, -0.2) is 27.5 Å². The van der Waals surface area contributed by atoms with Crippen LogP contribution >= 0.6 is 27.7 Å². The van der Waals surface area contributed by atoms with E-state index in [0.717, 1.165) is 38.8 Å². The number of carbonyl (C=O) groups excluding carboxylic acids is 2. The average molecular weight is 470 g/mol. The van der Waals surface area contributed by atoms with Crippen LogP contribution in [0, 0.1) is 0 Å². The SMILES string of the molecule is CCOc1ccc(-c2nn(-c3ccccc3)cc2/C=C2/SC(=O)NC2=O)cc1Br. The van der Waals surface area contributed by atoms with Gasteiger partial charge < -0.3 is 4.74 Å². The summed E-state index contributed by atoms with van der Waals surface area (Å²) in [6.45, 7) is 2.50. The number of carbonyl (C=O) groups is 2. The second-order valence-corrected chi connectivity index (χ2v) is 8.01. The lowest BCUT2D eigenvalue weighted by Gasteiger charge is -2.07. The molecule has 2 amide bonds. The Kier molecular flexibility index (Phi) is 5.55. The molecule has 1 saturated heterocycles. The summed E-state index contributed by atoms with van der Waals surface area (Å²) in [7, 11) is 0. The van der Waals surface area contributed by atoms with Crippen LogP contribution in [0.2, 0.25) is 0 Å². The van der Waals surface area contributed by atoms with E-state index >= 15 is 0 Å². The maximum atomic E-state index is 12.0. The van der Waals surface area contributed by atoms with Crippen LogP contribution in [0.1, 0.15) is 12.5 Å². The summed E-state index contributed by atoms with van der Waals surface area (Å²) in [5.74, 6) is 0.348. The van der Waals surface area contributed by atoms with E-state index in [0.29, 0.717) is 17.2 Å². The highest BCUT2D eigenvalue weighted by molar-refractivity contribution is 9.10. The van der Waals surface area contributed by atoms with Crippen LogP contribution in [0.4, 0.5) is 4.79 Å². The molecule has 1 aromatic heterocycles. The molecule has 8 heteroatoms. The summed E-state index contributed by atoms with van der Waals surface area (Å²) >= 11 is 4.42. The third kappa shape index (κ3) is 4.13. The highest BCUT2D eigenvalue weighted by Gasteiger charge is 2.26. The summed E-state index contributed by atoms with van der Waals surface area (Å²) < 4.78 is 8.16. The van der Waals surface area contributed by atoms with Crippen molar-refractivity contribution in [3.05, 3.63) is 69.7 Å². The summed E-state index contributed by atoms with van der Waals surface area (Å²) in [4.78, 5) is 23.9. The molecule has 0 bridgehead atoms. The van der Waals surface area contributed by atoms with Gasteiger partial charge in [-0.15, -0.1) is 0 Å². The molecule has 4 rings (SSSR count). The van der Waals surface area contributed by atoms with Crippen molar-refractivity contribution in [3.63, 3.8) is 0 Å². The van der Waals surface area contributed by atoms with Crippen molar-refractivity contribution < 1.29 is 14.3 Å². The molecule has 0 atom stereocenters. The Bertz CT molecular complexity index is 1130. The lowest BCUT2D eigenvalue weighted by molar-refractivity contribution is -0.115. The Labute approximate surface area is 180 Å². The standard InChI is InChI=1S/C21H16BrN3O3S/c1-2-28-17-9-8-13(10-16(17)22)19-14(11-18-20(26)23-21(27)29-18)12-25(24-19)15-6-4-3-5-7-15/h3-12H,2H2,1H3,(H,23,26,27)/b18-11+. The van der Waals surface area contributed by atoms with Gasteiger partial charge in [0.05, 0.1) is 21.7 Å². The molecule has 6 nitrogen and oxygen atoms in total. The average Bonchev–Trinajstić information content (AvgIpc) is 3.27. The van der Waals surface area contributed by atoms with E-state index in [1.54, 1.807) is 10.8 Å². The van der Waals surface area contributed by atoms with Gasteiger partial charge in [-0.1, -0.05) is 18.2 Å². The minimum absolute atomic E-state index is 0.342. The first-order valence-electron chi connectivity index (χ1n) is 8.88. The number of ether oxygens (including phenoxy) is 1. The second-order valence-electron chi connectivity index (χ2n) is 6.14. The van der Waals surface area contributed by atoms with Crippen LogP contribution in [-0.2, 0) is 4.79 Å². The van der Waals surface area contributed by atoms with Gasteiger partial charge >= 0.3 is 0 Å². The normalized spacial score (nSPS) is 15.0. The molecule has 0 unspecified atom stereocenters. The molecule has 146 valence electrons. The molecule has 1 fully saturated rings. The Balaban J connectivity index is 1.82. The first-order valence-corrected chi connectivity index (χ1v) is 10.5. The van der Waals surface area contributed by atoms with Crippen LogP contribution in [0.5, 0.6) is 5.75 Å². The Morgan fingerprint density at radius 2 is 2.00 bits per heavy atom. The van der Waals surface area contributed by atoms with Crippen molar-refractivity contribution >= 4 is 44.9 Å². The van der Waals surface area contributed by atoms with E-state index in [1.165, 1.54) is 0 Å². The first-order chi connectivity index (χ1) is 14.0. The number of nitrogens with zero attached hydrogens (tertiary/aromatic N) is 2. The van der Waals surface area contributed by atoms with E-state index in [9.17, 15) is 9.59 Å². The predicted molar refractivity (Wildman–Crippen MR) is 117 cm³/mol. The number of amides is 2. The number of imide groups is 1. The minimum atomic E-state index is -0.397. The molecule has 0 aliphatic carbocycles. The smallest absolute Gasteiger partial charge is 0.290 e. The zero-order valence-corrected chi connectivity index (χ0v) is 17.8. The van der Waals surface area contributed by atoms with Crippen molar-refractivity contribution in [1.82, 2.24) is 15.1 Å². The van der Waals surface area contributed by atoms with Crippen molar-refractivity contribution in [3.8, 4) is 22.7 Å². The van der Waals surface area contributed by atoms with Crippen molar-refractivity contribution in [1.29, 1.82) is 0 Å². The highest BCUT2D eigenvalue weighted by atomic mass is 79.9. The van der Waals surface area contributed by atoms with Crippen molar-refractivity contribution in [2.45, 2.75) is 6.92 Å². The fourth-order valence-corrected chi connectivity index (χ4v) is 4.08. The second kappa shape index (κ2) is 8.26. The molecule has 29 heavy (non-hydrogen) atoms. The lowest BCUT2D eigenvalue weighted by Crippen LogP contribution is -2.17. The van der Waals surface area contributed by atoms with Gasteiger partial charge in [0.2, 0.25) is 0 Å². The van der Waals surface area contributed by atoms with Gasteiger partial charge in [0.25, 0.3) is 11.1 Å². The molecule has 0 saturated carbocycles. The summed E-state index contributed by atoms with van der Waals surface area (Å²) in [5, 5.41) is 6.65. The first kappa shape index (κ1) is 19.5. The molecule has 1 aliphatic heterocycles. The summed E-state index contributed by atoms with van der Waals surface area (Å²) in [6.07, 6.45) is 3.54. The molecule has 2 aromatic carbocycles. The maximum absolute atomic E-state index is 12.0. The number of rotatable bonds is 5. The predicted octanol–water partition coefficient (Wildman–Crippen LogP) is 5.02. The zero-order chi connectivity index (χ0) is 20.4. The number of hydrogen-bond donors (Lipinski definition) is 1. The van der Waals surface area contributed by atoms with Gasteiger partial charge in [-0.25, -0.2) is 4.68 Å². The summed E-state index contributed by atoms with van der Waals surface area (Å²) in [5.41, 5.74) is 3.18. The Morgan fingerprint density at radius 3 is 2.66 bits per heavy atom. The van der Waals surface area contributed by atoms with Crippen LogP contribution < -0.4 is 10.1 Å². The van der Waals surface area contributed by atoms with Crippen LogP contribution in [0.25, 0.3) is 23.0 Å². The van der Waals surface area contributed by atoms with Gasteiger partial charge in [-0.2, -0.15) is 5.10 Å². The molecule has 2 heterocycles. The topological polar surface area (TPSA) is 73.2 Å². The third-order valence-corrected chi connectivity index (χ3v) is 5.63. The lowest BCUT2D eigenvalue weighted by atomic mass is 10.1. The molecular formula is C21H16BrN3O3S. The molecular weight excluding hydrogens is 454 g/mol. The zero-order valence-electron chi connectivity index (χ0n) is 15.4. The van der Waals surface area contributed by atoms with Gasteiger partial charge in [-0.3, -0.25) is 14.9 Å². The van der Waals surface area contributed by atoms with Gasteiger partial charge in [0.1, 0.15) is 11.4 Å². The van der Waals surface area contributed by atoms with Gasteiger partial charge in [0.15, 0.2) is 0 Å². The minimum Gasteiger partial charge on any atom is -0.493 e. The van der Waals surface area contributed by atoms with Crippen LogP contribution in [0.15, 0.2) is 64.1 Å². The van der Waals surface area contributed by atoms with E-state index in [4.69, 9.17) is 9.84 Å². The van der Waals surface area contributed by atoms with Gasteiger partial charge in [0, 0.05) is 17.3 Å². The van der Waals surface area contributed by atoms with Crippen molar-refractivity contribution in [2.24, 2.45) is 0 Å². The number of nitrogens with one attached hydrogen (secondary N) is 1. The van der Waals surface area contributed by atoms with E-state index in [2.05, 4.69) is 21.2 Å². The fraction of sp³-hybridized carbons (Fsp3) is 0.0952. The van der Waals surface area contributed by atoms with Crippen molar-refractivity contribution in [2.75, 3.05) is 6.61 Å². The number of para-hydroxylation sites is 1. The molecule has 0 spiro atoms. The van der Waals surface area contributed by atoms with E-state index in [1.807, 2.05) is 61.7 Å². The van der Waals surface area contributed by atoms with E-state index in [-0.39, 0.29) is 5.24 Å².